The molecule has 0 saturated heterocycles. The van der Waals surface area contributed by atoms with Gasteiger partial charge in [-0.15, -0.1) is 0 Å². The predicted octanol–water partition coefficient (Wildman–Crippen LogP) is 4.06. The fraction of sp³-hybridized carbons (Fsp3) is 0.150. The molecule has 5 nitrogen and oxygen atoms in total. The van der Waals surface area contributed by atoms with E-state index in [0.717, 1.165) is 6.26 Å². The molecule has 3 aromatic rings. The van der Waals surface area contributed by atoms with Gasteiger partial charge in [0.25, 0.3) is 0 Å². The lowest BCUT2D eigenvalue weighted by Crippen LogP contribution is -2.14. The van der Waals surface area contributed by atoms with E-state index < -0.39 is 9.84 Å². The number of furan rings is 1. The smallest absolute Gasteiger partial charge is 0.224 e. The highest BCUT2D eigenvalue weighted by atomic mass is 32.2. The van der Waals surface area contributed by atoms with Crippen LogP contribution in [0.25, 0.3) is 11.3 Å². The number of amides is 1. The Labute approximate surface area is 156 Å². The molecule has 0 spiro atoms. The Morgan fingerprint density at radius 3 is 2.48 bits per heavy atom. The van der Waals surface area contributed by atoms with Gasteiger partial charge >= 0.3 is 0 Å². The summed E-state index contributed by atoms with van der Waals surface area (Å²) in [5.74, 6) is 0.217. The second-order valence-corrected chi connectivity index (χ2v) is 8.05. The van der Waals surface area contributed by atoms with Crippen molar-refractivity contribution < 1.29 is 22.0 Å². The summed E-state index contributed by atoms with van der Waals surface area (Å²) in [6.07, 6.45) is 1.49. The summed E-state index contributed by atoms with van der Waals surface area (Å²) < 4.78 is 43.0. The number of anilines is 1. The summed E-state index contributed by atoms with van der Waals surface area (Å²) in [5.41, 5.74) is 0.603. The topological polar surface area (TPSA) is 76.4 Å². The van der Waals surface area contributed by atoms with Crippen molar-refractivity contribution in [3.05, 3.63) is 72.2 Å². The van der Waals surface area contributed by atoms with E-state index in [4.69, 9.17) is 4.42 Å². The highest BCUT2D eigenvalue weighted by Gasteiger charge is 2.15. The van der Waals surface area contributed by atoms with Crippen molar-refractivity contribution in [3.8, 4) is 11.3 Å². The SMILES string of the molecule is CS(=O)(=O)c1ccccc1NC(=O)CCc1ccc(-c2ccccc2F)o1. The number of para-hydroxylation sites is 1. The number of halogens is 1. The maximum atomic E-state index is 13.8. The van der Waals surface area contributed by atoms with Gasteiger partial charge in [-0.25, -0.2) is 12.8 Å². The van der Waals surface area contributed by atoms with Gasteiger partial charge in [0.1, 0.15) is 17.3 Å². The molecule has 0 fully saturated rings. The second kappa shape index (κ2) is 7.75. The summed E-state index contributed by atoms with van der Waals surface area (Å²) >= 11 is 0. The van der Waals surface area contributed by atoms with Gasteiger partial charge in [-0.1, -0.05) is 24.3 Å². The van der Waals surface area contributed by atoms with Crippen molar-refractivity contribution in [1.82, 2.24) is 0 Å². The van der Waals surface area contributed by atoms with Crippen LogP contribution in [0.2, 0.25) is 0 Å². The van der Waals surface area contributed by atoms with Gasteiger partial charge in [0.2, 0.25) is 5.91 Å². The van der Waals surface area contributed by atoms with E-state index in [1.165, 1.54) is 18.2 Å². The Hall–Kier alpha value is -2.93. The third-order valence-electron chi connectivity index (χ3n) is 3.96. The van der Waals surface area contributed by atoms with Crippen molar-refractivity contribution in [2.75, 3.05) is 11.6 Å². The lowest BCUT2D eigenvalue weighted by Gasteiger charge is -2.09. The van der Waals surface area contributed by atoms with Gasteiger partial charge in [0.15, 0.2) is 9.84 Å². The molecule has 0 radical (unpaired) electrons. The van der Waals surface area contributed by atoms with Crippen LogP contribution in [0.5, 0.6) is 0 Å². The van der Waals surface area contributed by atoms with Crippen LogP contribution in [0.3, 0.4) is 0 Å². The first kappa shape index (κ1) is 18.8. The number of aryl methyl sites for hydroxylation is 1. The number of hydrogen-bond acceptors (Lipinski definition) is 4. The molecule has 0 bridgehead atoms. The predicted molar refractivity (Wildman–Crippen MR) is 101 cm³/mol. The van der Waals surface area contributed by atoms with Gasteiger partial charge in [0.05, 0.1) is 16.1 Å². The standard InChI is InChI=1S/C20H18FNO4S/c1-27(24,25)19-9-5-4-8-17(19)22-20(23)13-11-14-10-12-18(26-14)15-6-2-3-7-16(15)21/h2-10,12H,11,13H2,1H3,(H,22,23). The molecule has 0 aliphatic heterocycles. The number of carbonyl (C=O) groups is 1. The lowest BCUT2D eigenvalue weighted by atomic mass is 10.1. The Kier molecular flexibility index (Phi) is 5.41. The van der Waals surface area contributed by atoms with Gasteiger partial charge in [0, 0.05) is 19.1 Å². The van der Waals surface area contributed by atoms with E-state index in [1.807, 2.05) is 0 Å². The number of benzene rings is 2. The Balaban J connectivity index is 1.65. The van der Waals surface area contributed by atoms with E-state index in [-0.39, 0.29) is 28.7 Å². The molecule has 0 aliphatic carbocycles. The Morgan fingerprint density at radius 1 is 1.04 bits per heavy atom. The molecule has 0 saturated carbocycles. The van der Waals surface area contributed by atoms with Crippen LogP contribution in [-0.4, -0.2) is 20.6 Å². The second-order valence-electron chi connectivity index (χ2n) is 6.06. The maximum absolute atomic E-state index is 13.8. The summed E-state index contributed by atoms with van der Waals surface area (Å²) in [6.45, 7) is 0. The van der Waals surface area contributed by atoms with Crippen molar-refractivity contribution in [1.29, 1.82) is 0 Å². The third kappa shape index (κ3) is 4.62. The monoisotopic (exact) mass is 387 g/mol. The van der Waals surface area contributed by atoms with Crippen molar-refractivity contribution in [2.24, 2.45) is 0 Å². The van der Waals surface area contributed by atoms with Gasteiger partial charge < -0.3 is 9.73 Å². The quantitative estimate of drug-likeness (QED) is 0.692. The van der Waals surface area contributed by atoms with Crippen molar-refractivity contribution in [2.45, 2.75) is 17.7 Å². The van der Waals surface area contributed by atoms with E-state index >= 15 is 0 Å². The van der Waals surface area contributed by atoms with Crippen LogP contribution >= 0.6 is 0 Å². The van der Waals surface area contributed by atoms with Crippen LogP contribution in [0.15, 0.2) is 70.0 Å². The van der Waals surface area contributed by atoms with Crippen molar-refractivity contribution in [3.63, 3.8) is 0 Å². The largest absolute Gasteiger partial charge is 0.461 e. The number of carbonyl (C=O) groups excluding carboxylic acids is 1. The summed E-state index contributed by atoms with van der Waals surface area (Å²) in [5, 5.41) is 2.62. The number of nitrogens with one attached hydrogen (secondary N) is 1. The summed E-state index contributed by atoms with van der Waals surface area (Å²) in [4.78, 5) is 12.3. The molecule has 1 amide bonds. The molecule has 0 unspecified atom stereocenters. The first-order chi connectivity index (χ1) is 12.8. The van der Waals surface area contributed by atoms with Crippen LogP contribution < -0.4 is 5.32 Å². The first-order valence-corrected chi connectivity index (χ1v) is 10.2. The zero-order valence-corrected chi connectivity index (χ0v) is 15.4. The number of sulfone groups is 1. The zero-order valence-electron chi connectivity index (χ0n) is 14.6. The molecule has 7 heteroatoms. The molecule has 1 aromatic heterocycles. The molecule has 0 atom stereocenters. The molecule has 1 N–H and O–H groups in total. The summed E-state index contributed by atoms with van der Waals surface area (Å²) in [6, 6.07) is 15.9. The Morgan fingerprint density at radius 2 is 1.74 bits per heavy atom. The highest BCUT2D eigenvalue weighted by Crippen LogP contribution is 2.25. The van der Waals surface area contributed by atoms with Crippen LogP contribution in [-0.2, 0) is 21.1 Å². The zero-order chi connectivity index (χ0) is 19.4. The fourth-order valence-electron chi connectivity index (χ4n) is 2.66. The minimum Gasteiger partial charge on any atom is -0.461 e. The van der Waals surface area contributed by atoms with Crippen LogP contribution in [0.1, 0.15) is 12.2 Å². The van der Waals surface area contributed by atoms with E-state index in [2.05, 4.69) is 5.32 Å². The normalized spacial score (nSPS) is 11.3. The minimum atomic E-state index is -3.45. The van der Waals surface area contributed by atoms with Crippen LogP contribution in [0.4, 0.5) is 10.1 Å². The average molecular weight is 387 g/mol. The highest BCUT2D eigenvalue weighted by molar-refractivity contribution is 7.90. The number of rotatable bonds is 6. The molecule has 1 heterocycles. The number of hydrogen-bond donors (Lipinski definition) is 1. The van der Waals surface area contributed by atoms with Crippen molar-refractivity contribution >= 4 is 21.4 Å². The Bertz CT molecular complexity index is 1070. The average Bonchev–Trinajstić information content (AvgIpc) is 3.09. The first-order valence-electron chi connectivity index (χ1n) is 8.27. The lowest BCUT2D eigenvalue weighted by molar-refractivity contribution is -0.116. The molecular weight excluding hydrogens is 369 g/mol. The fourth-order valence-corrected chi connectivity index (χ4v) is 3.51. The van der Waals surface area contributed by atoms with Crippen LogP contribution in [0, 0.1) is 5.82 Å². The van der Waals surface area contributed by atoms with Gasteiger partial charge in [-0.3, -0.25) is 4.79 Å². The minimum absolute atomic E-state index is 0.0678. The maximum Gasteiger partial charge on any atom is 0.224 e. The van der Waals surface area contributed by atoms with E-state index in [9.17, 15) is 17.6 Å². The molecule has 27 heavy (non-hydrogen) atoms. The van der Waals surface area contributed by atoms with E-state index in [1.54, 1.807) is 42.5 Å². The van der Waals surface area contributed by atoms with Gasteiger partial charge in [-0.2, -0.15) is 0 Å². The van der Waals surface area contributed by atoms with Gasteiger partial charge in [-0.05, 0) is 36.4 Å². The molecule has 3 rings (SSSR count). The molecule has 0 aliphatic rings. The molecule has 140 valence electrons. The molecule has 2 aromatic carbocycles. The van der Waals surface area contributed by atoms with E-state index in [0.29, 0.717) is 23.5 Å². The third-order valence-corrected chi connectivity index (χ3v) is 5.11. The molecular formula is C20H18FNO4S. The summed E-state index contributed by atoms with van der Waals surface area (Å²) in [7, 11) is -3.45.